The summed E-state index contributed by atoms with van der Waals surface area (Å²) >= 11 is 0. The lowest BCUT2D eigenvalue weighted by atomic mass is 9.95. The van der Waals surface area contributed by atoms with Crippen LogP contribution in [0.2, 0.25) is 0 Å². The van der Waals surface area contributed by atoms with Crippen molar-refractivity contribution in [2.24, 2.45) is 0 Å². The number of benzene rings is 2. The molecule has 9 heteroatoms. The molecule has 1 saturated heterocycles. The van der Waals surface area contributed by atoms with Gasteiger partial charge in [-0.1, -0.05) is 42.5 Å². The number of carbonyl (C=O) groups is 3. The van der Waals surface area contributed by atoms with Crippen molar-refractivity contribution in [1.82, 2.24) is 4.90 Å². The van der Waals surface area contributed by atoms with E-state index in [-0.39, 0.29) is 28.9 Å². The molecule has 0 saturated carbocycles. The number of non-ortho nitro benzene ring substituents is 1. The van der Waals surface area contributed by atoms with Crippen LogP contribution in [0, 0.1) is 10.1 Å². The molecule has 0 bridgehead atoms. The van der Waals surface area contributed by atoms with E-state index in [9.17, 15) is 34.7 Å². The second-order valence-corrected chi connectivity index (χ2v) is 6.33. The van der Waals surface area contributed by atoms with Gasteiger partial charge < -0.3 is 19.9 Å². The number of nitro groups is 1. The van der Waals surface area contributed by atoms with E-state index in [2.05, 4.69) is 0 Å². The number of amides is 1. The molecule has 9 nitrogen and oxygen atoms in total. The van der Waals surface area contributed by atoms with E-state index in [4.69, 9.17) is 0 Å². The van der Waals surface area contributed by atoms with E-state index in [0.29, 0.717) is 0 Å². The van der Waals surface area contributed by atoms with Crippen molar-refractivity contribution < 1.29 is 29.5 Å². The Morgan fingerprint density at radius 2 is 1.79 bits per heavy atom. The van der Waals surface area contributed by atoms with E-state index < -0.39 is 40.8 Å². The van der Waals surface area contributed by atoms with Gasteiger partial charge in [-0.15, -0.1) is 0 Å². The van der Waals surface area contributed by atoms with E-state index in [1.807, 2.05) is 0 Å². The monoisotopic (exact) mass is 395 g/mol. The maximum atomic E-state index is 12.7. The van der Waals surface area contributed by atoms with Gasteiger partial charge >= 0.3 is 0 Å². The van der Waals surface area contributed by atoms with Crippen molar-refractivity contribution in [2.45, 2.75) is 12.5 Å². The number of hydrogen-bond acceptors (Lipinski definition) is 7. The average molecular weight is 395 g/mol. The van der Waals surface area contributed by atoms with Crippen LogP contribution in [0.4, 0.5) is 5.69 Å². The number of carboxylic acids is 1. The highest BCUT2D eigenvalue weighted by Gasteiger charge is 2.46. The van der Waals surface area contributed by atoms with Crippen LogP contribution in [-0.2, 0) is 14.4 Å². The van der Waals surface area contributed by atoms with Crippen LogP contribution in [0.25, 0.3) is 5.76 Å². The minimum Gasteiger partial charge on any atom is -0.550 e. The lowest BCUT2D eigenvalue weighted by Crippen LogP contribution is -2.34. The molecule has 0 aliphatic carbocycles. The summed E-state index contributed by atoms with van der Waals surface area (Å²) in [5, 5.41) is 32.8. The molecule has 3 rings (SSSR count). The first kappa shape index (κ1) is 19.7. The summed E-state index contributed by atoms with van der Waals surface area (Å²) in [7, 11) is 0. The highest BCUT2D eigenvalue weighted by molar-refractivity contribution is 6.46. The summed E-state index contributed by atoms with van der Waals surface area (Å²) in [6, 6.07) is 12.1. The Morgan fingerprint density at radius 3 is 2.41 bits per heavy atom. The molecule has 1 heterocycles. The predicted octanol–water partition coefficient (Wildman–Crippen LogP) is 1.16. The van der Waals surface area contributed by atoms with Gasteiger partial charge in [0.05, 0.1) is 16.5 Å². The van der Waals surface area contributed by atoms with Gasteiger partial charge in [0.1, 0.15) is 5.76 Å². The Kier molecular flexibility index (Phi) is 5.40. The summed E-state index contributed by atoms with van der Waals surface area (Å²) in [4.78, 5) is 47.6. The Hall–Kier alpha value is -4.01. The molecule has 0 unspecified atom stereocenters. The first-order valence-electron chi connectivity index (χ1n) is 8.59. The largest absolute Gasteiger partial charge is 0.550 e. The molecule has 0 spiro atoms. The van der Waals surface area contributed by atoms with Gasteiger partial charge in [0, 0.05) is 36.6 Å². The maximum absolute atomic E-state index is 12.7. The van der Waals surface area contributed by atoms with Gasteiger partial charge in [-0.2, -0.15) is 0 Å². The molecule has 0 radical (unpaired) electrons. The number of aliphatic hydroxyl groups excluding tert-OH is 1. The number of aliphatic hydroxyl groups is 1. The second kappa shape index (κ2) is 7.93. The fourth-order valence-corrected chi connectivity index (χ4v) is 3.23. The maximum Gasteiger partial charge on any atom is 0.295 e. The van der Waals surface area contributed by atoms with Gasteiger partial charge in [-0.25, -0.2) is 0 Å². The molecule has 29 heavy (non-hydrogen) atoms. The number of Topliss-reactive ketones (excluding diaryl/α,β-unsaturated/α-hetero) is 1. The molecular weight excluding hydrogens is 380 g/mol. The fourth-order valence-electron chi connectivity index (χ4n) is 3.23. The molecule has 1 amide bonds. The van der Waals surface area contributed by atoms with E-state index >= 15 is 0 Å². The number of aliphatic carboxylic acids is 1. The van der Waals surface area contributed by atoms with Gasteiger partial charge in [-0.05, 0) is 5.56 Å². The summed E-state index contributed by atoms with van der Waals surface area (Å²) in [5.41, 5.74) is -0.0530. The first-order chi connectivity index (χ1) is 13.8. The molecule has 1 N–H and O–H groups in total. The Labute approximate surface area is 164 Å². The summed E-state index contributed by atoms with van der Waals surface area (Å²) in [5.74, 6) is -3.87. The van der Waals surface area contributed by atoms with Gasteiger partial charge in [0.25, 0.3) is 17.4 Å². The summed E-state index contributed by atoms with van der Waals surface area (Å²) in [6.07, 6.45) is -0.538. The van der Waals surface area contributed by atoms with Crippen molar-refractivity contribution in [3.63, 3.8) is 0 Å². The number of hydrogen-bond donors (Lipinski definition) is 1. The zero-order chi connectivity index (χ0) is 21.1. The Bertz CT molecular complexity index is 1030. The van der Waals surface area contributed by atoms with Gasteiger partial charge in [0.2, 0.25) is 0 Å². The zero-order valence-electron chi connectivity index (χ0n) is 15.0. The molecule has 1 fully saturated rings. The van der Waals surface area contributed by atoms with Crippen molar-refractivity contribution >= 4 is 29.1 Å². The van der Waals surface area contributed by atoms with Crippen molar-refractivity contribution in [3.8, 4) is 0 Å². The minimum absolute atomic E-state index is 0.203. The molecule has 1 aliphatic rings. The number of ketones is 1. The van der Waals surface area contributed by atoms with Crippen molar-refractivity contribution in [2.75, 3.05) is 6.54 Å². The zero-order valence-corrected chi connectivity index (χ0v) is 15.0. The smallest absolute Gasteiger partial charge is 0.295 e. The van der Waals surface area contributed by atoms with Crippen molar-refractivity contribution in [1.29, 1.82) is 0 Å². The number of carboxylic acid groups (broad SMARTS) is 1. The van der Waals surface area contributed by atoms with E-state index in [0.717, 1.165) is 4.90 Å². The molecule has 1 atom stereocenters. The number of likely N-dealkylation sites (tertiary alicyclic amines) is 1. The topological polar surface area (TPSA) is 141 Å². The van der Waals surface area contributed by atoms with Crippen LogP contribution in [0.1, 0.15) is 23.6 Å². The summed E-state index contributed by atoms with van der Waals surface area (Å²) in [6.45, 7) is -0.355. The van der Waals surface area contributed by atoms with Crippen LogP contribution in [0.3, 0.4) is 0 Å². The van der Waals surface area contributed by atoms with Crippen LogP contribution in [0.15, 0.2) is 60.2 Å². The van der Waals surface area contributed by atoms with Crippen LogP contribution < -0.4 is 5.11 Å². The van der Waals surface area contributed by atoms with E-state index in [1.165, 1.54) is 36.4 Å². The molecule has 1 aliphatic heterocycles. The fraction of sp³-hybridized carbons (Fsp3) is 0.150. The number of rotatable bonds is 6. The first-order valence-corrected chi connectivity index (χ1v) is 8.59. The Morgan fingerprint density at radius 1 is 1.10 bits per heavy atom. The van der Waals surface area contributed by atoms with Gasteiger partial charge in [0.15, 0.2) is 0 Å². The summed E-state index contributed by atoms with van der Waals surface area (Å²) < 4.78 is 0. The lowest BCUT2D eigenvalue weighted by molar-refractivity contribution is -0.384. The standard InChI is InChI=1S/C20H16N2O7/c23-15(24)9-10-21-17(13-7-4-8-14(11-13)22(28)29)16(19(26)20(21)27)18(25)12-5-2-1-3-6-12/h1-8,11,17,25H,9-10H2,(H,23,24)/p-1/b18-16+/t17-/m0/s1. The second-order valence-electron chi connectivity index (χ2n) is 6.33. The van der Waals surface area contributed by atoms with Crippen molar-refractivity contribution in [3.05, 3.63) is 81.4 Å². The third-order valence-corrected chi connectivity index (χ3v) is 4.54. The molecule has 0 aromatic heterocycles. The minimum atomic E-state index is -1.42. The molecule has 148 valence electrons. The normalized spacial score (nSPS) is 18.1. The number of nitro benzene ring substituents is 1. The predicted molar refractivity (Wildman–Crippen MR) is 98.2 cm³/mol. The van der Waals surface area contributed by atoms with Crippen LogP contribution in [0.5, 0.6) is 0 Å². The van der Waals surface area contributed by atoms with Gasteiger partial charge in [-0.3, -0.25) is 19.7 Å². The Balaban J connectivity index is 2.18. The van der Waals surface area contributed by atoms with Crippen LogP contribution in [-0.4, -0.2) is 39.1 Å². The SMILES string of the molecule is O=C([O-])CCN1C(=O)C(=O)/C(=C(/O)c2ccccc2)[C@@H]1c1cccc([N+](=O)[O-])c1. The highest BCUT2D eigenvalue weighted by atomic mass is 16.6. The molecular formula is C20H15N2O7-. The third kappa shape index (κ3) is 3.84. The molecule has 2 aromatic rings. The van der Waals surface area contributed by atoms with Crippen LogP contribution >= 0.6 is 0 Å². The quantitative estimate of drug-likeness (QED) is 0.254. The number of carbonyl (C=O) groups excluding carboxylic acids is 3. The average Bonchev–Trinajstić information content (AvgIpc) is 2.97. The number of nitrogens with zero attached hydrogens (tertiary/aromatic N) is 2. The lowest BCUT2D eigenvalue weighted by Gasteiger charge is -2.25. The van der Waals surface area contributed by atoms with E-state index in [1.54, 1.807) is 18.2 Å². The molecule has 2 aromatic carbocycles. The third-order valence-electron chi connectivity index (χ3n) is 4.54. The highest BCUT2D eigenvalue weighted by Crippen LogP contribution is 2.40.